The lowest BCUT2D eigenvalue weighted by Gasteiger charge is -2.04. The second-order valence-electron chi connectivity index (χ2n) is 2.75. The molecule has 0 amide bonds. The van der Waals surface area contributed by atoms with Crippen molar-refractivity contribution in [3.05, 3.63) is 35.4 Å². The molecular weight excluding hydrogens is 191 g/mol. The predicted molar refractivity (Wildman–Crippen MR) is 48.0 cm³/mol. The van der Waals surface area contributed by atoms with Crippen molar-refractivity contribution in [3.8, 4) is 0 Å². The minimum absolute atomic E-state index is 0.0649. The third kappa shape index (κ3) is 4.20. The summed E-state index contributed by atoms with van der Waals surface area (Å²) in [5.41, 5.74) is 1.84. The molecule has 0 saturated carbocycles. The molecule has 0 unspecified atom stereocenters. The molecule has 2 N–H and O–H groups in total. The number of hydrogen-bond acceptors (Lipinski definition) is 2. The van der Waals surface area contributed by atoms with E-state index >= 15 is 0 Å². The summed E-state index contributed by atoms with van der Waals surface area (Å²) in [6.45, 7) is 1.87. The topological polar surface area (TPSA) is 66.8 Å². The number of benzene rings is 1. The third-order valence-corrected chi connectivity index (χ3v) is 1.99. The predicted octanol–water partition coefficient (Wildman–Crippen LogP) is 1.60. The Balaban J connectivity index is 2.56. The van der Waals surface area contributed by atoms with Crippen molar-refractivity contribution in [3.63, 3.8) is 0 Å². The first-order valence-corrected chi connectivity index (χ1v) is 5.26. The van der Waals surface area contributed by atoms with E-state index in [0.29, 0.717) is 0 Å². The quantitative estimate of drug-likeness (QED) is 0.730. The van der Waals surface area contributed by atoms with Gasteiger partial charge in [0.15, 0.2) is 0 Å². The molecule has 1 aromatic rings. The molecule has 5 heteroatoms. The van der Waals surface area contributed by atoms with Gasteiger partial charge in [0.2, 0.25) is 0 Å². The Morgan fingerprint density at radius 1 is 1.31 bits per heavy atom. The van der Waals surface area contributed by atoms with Crippen LogP contribution < -0.4 is 0 Å². The fraction of sp³-hybridized carbons (Fsp3) is 0.250. The fourth-order valence-corrected chi connectivity index (χ4v) is 1.16. The monoisotopic (exact) mass is 202 g/mol. The fourth-order valence-electron chi connectivity index (χ4n) is 0.843. The van der Waals surface area contributed by atoms with Gasteiger partial charge in [-0.2, -0.15) is 0 Å². The van der Waals surface area contributed by atoms with Gasteiger partial charge in [-0.05, 0) is 12.5 Å². The molecule has 1 rings (SSSR count). The summed E-state index contributed by atoms with van der Waals surface area (Å²) in [7, 11) is -4.34. The third-order valence-electron chi connectivity index (χ3n) is 1.52. The summed E-state index contributed by atoms with van der Waals surface area (Å²) in [5.74, 6) is 0. The van der Waals surface area contributed by atoms with Gasteiger partial charge in [-0.3, -0.25) is 4.52 Å². The summed E-state index contributed by atoms with van der Waals surface area (Å²) in [6, 6.07) is 7.26. The minimum atomic E-state index is -4.34. The molecule has 0 aliphatic rings. The number of phosphoric ester groups is 1. The zero-order chi connectivity index (χ0) is 9.90. The minimum Gasteiger partial charge on any atom is -0.303 e. The van der Waals surface area contributed by atoms with Gasteiger partial charge in [0, 0.05) is 0 Å². The van der Waals surface area contributed by atoms with Crippen LogP contribution in [0.1, 0.15) is 11.1 Å². The van der Waals surface area contributed by atoms with E-state index in [0.717, 1.165) is 11.1 Å². The SMILES string of the molecule is Cc1ccc(COP(=O)(O)O)cc1. The summed E-state index contributed by atoms with van der Waals surface area (Å²) in [4.78, 5) is 16.8. The number of phosphoric acid groups is 1. The second-order valence-corrected chi connectivity index (χ2v) is 3.99. The molecule has 13 heavy (non-hydrogen) atoms. The van der Waals surface area contributed by atoms with Gasteiger partial charge in [-0.1, -0.05) is 29.8 Å². The Labute approximate surface area is 76.4 Å². The number of rotatable bonds is 3. The summed E-state index contributed by atoms with van der Waals surface area (Å²) >= 11 is 0. The average Bonchev–Trinajstić information content (AvgIpc) is 2.02. The second kappa shape index (κ2) is 4.03. The standard InChI is InChI=1S/C8H11O4P/c1-7-2-4-8(5-3-7)6-12-13(9,10)11/h2-5H,6H2,1H3,(H2,9,10,11). The average molecular weight is 202 g/mol. The lowest BCUT2D eigenvalue weighted by atomic mass is 10.2. The Morgan fingerprint density at radius 3 is 2.31 bits per heavy atom. The molecule has 0 radical (unpaired) electrons. The molecule has 0 saturated heterocycles. The Hall–Kier alpha value is -0.670. The van der Waals surface area contributed by atoms with Crippen LogP contribution in [0.4, 0.5) is 0 Å². The van der Waals surface area contributed by atoms with Crippen molar-refractivity contribution >= 4 is 7.82 Å². The molecule has 4 nitrogen and oxygen atoms in total. The van der Waals surface area contributed by atoms with Crippen LogP contribution in [-0.2, 0) is 15.7 Å². The van der Waals surface area contributed by atoms with Crippen molar-refractivity contribution in [2.24, 2.45) is 0 Å². The Kier molecular flexibility index (Phi) is 3.22. The summed E-state index contributed by atoms with van der Waals surface area (Å²) in [6.07, 6.45) is 0. The van der Waals surface area contributed by atoms with Crippen molar-refractivity contribution in [2.45, 2.75) is 13.5 Å². The van der Waals surface area contributed by atoms with E-state index in [4.69, 9.17) is 9.79 Å². The molecule has 0 spiro atoms. The maximum absolute atomic E-state index is 10.3. The van der Waals surface area contributed by atoms with Crippen LogP contribution in [-0.4, -0.2) is 9.79 Å². The van der Waals surface area contributed by atoms with Crippen molar-refractivity contribution in [1.82, 2.24) is 0 Å². The Morgan fingerprint density at radius 2 is 1.85 bits per heavy atom. The molecule has 0 bridgehead atoms. The first-order valence-electron chi connectivity index (χ1n) is 3.73. The molecule has 1 aromatic carbocycles. The smallest absolute Gasteiger partial charge is 0.303 e. The lowest BCUT2D eigenvalue weighted by molar-refractivity contribution is 0.189. The van der Waals surface area contributed by atoms with Crippen LogP contribution in [0.3, 0.4) is 0 Å². The summed E-state index contributed by atoms with van der Waals surface area (Å²) < 4.78 is 14.7. The van der Waals surface area contributed by atoms with Crippen LogP contribution in [0.25, 0.3) is 0 Å². The highest BCUT2D eigenvalue weighted by atomic mass is 31.2. The van der Waals surface area contributed by atoms with E-state index in [1.807, 2.05) is 19.1 Å². The van der Waals surface area contributed by atoms with E-state index < -0.39 is 7.82 Å². The van der Waals surface area contributed by atoms with Gasteiger partial charge < -0.3 is 9.79 Å². The van der Waals surface area contributed by atoms with Crippen LogP contribution >= 0.6 is 7.82 Å². The largest absolute Gasteiger partial charge is 0.469 e. The summed E-state index contributed by atoms with van der Waals surface area (Å²) in [5, 5.41) is 0. The van der Waals surface area contributed by atoms with Crippen molar-refractivity contribution in [1.29, 1.82) is 0 Å². The molecule has 0 heterocycles. The van der Waals surface area contributed by atoms with Gasteiger partial charge in [0.1, 0.15) is 0 Å². The number of hydrogen-bond donors (Lipinski definition) is 2. The highest BCUT2D eigenvalue weighted by Crippen LogP contribution is 2.36. The van der Waals surface area contributed by atoms with Gasteiger partial charge in [0.25, 0.3) is 0 Å². The van der Waals surface area contributed by atoms with E-state index in [1.165, 1.54) is 0 Å². The first kappa shape index (κ1) is 10.4. The van der Waals surface area contributed by atoms with Gasteiger partial charge in [-0.25, -0.2) is 4.57 Å². The zero-order valence-corrected chi connectivity index (χ0v) is 8.07. The first-order chi connectivity index (χ1) is 5.97. The van der Waals surface area contributed by atoms with E-state index in [9.17, 15) is 4.57 Å². The van der Waals surface area contributed by atoms with E-state index in [-0.39, 0.29) is 6.61 Å². The highest BCUT2D eigenvalue weighted by molar-refractivity contribution is 7.46. The zero-order valence-electron chi connectivity index (χ0n) is 7.17. The maximum atomic E-state index is 10.3. The Bertz CT molecular complexity index is 313. The van der Waals surface area contributed by atoms with Crippen LogP contribution in [0.5, 0.6) is 0 Å². The van der Waals surface area contributed by atoms with Crippen LogP contribution in [0, 0.1) is 6.92 Å². The molecule has 0 fully saturated rings. The molecular formula is C8H11O4P. The normalized spacial score (nSPS) is 11.6. The van der Waals surface area contributed by atoms with E-state index in [2.05, 4.69) is 4.52 Å². The molecule has 0 aliphatic heterocycles. The van der Waals surface area contributed by atoms with Crippen LogP contribution in [0.15, 0.2) is 24.3 Å². The van der Waals surface area contributed by atoms with Gasteiger partial charge in [-0.15, -0.1) is 0 Å². The lowest BCUT2D eigenvalue weighted by Crippen LogP contribution is -1.90. The van der Waals surface area contributed by atoms with Crippen molar-refractivity contribution in [2.75, 3.05) is 0 Å². The van der Waals surface area contributed by atoms with E-state index in [1.54, 1.807) is 12.1 Å². The van der Waals surface area contributed by atoms with Gasteiger partial charge >= 0.3 is 7.82 Å². The molecule has 0 aromatic heterocycles. The number of aryl methyl sites for hydroxylation is 1. The molecule has 0 atom stereocenters. The highest BCUT2D eigenvalue weighted by Gasteiger charge is 2.13. The maximum Gasteiger partial charge on any atom is 0.469 e. The van der Waals surface area contributed by atoms with Gasteiger partial charge in [0.05, 0.1) is 6.61 Å². The van der Waals surface area contributed by atoms with Crippen LogP contribution in [0.2, 0.25) is 0 Å². The molecule has 72 valence electrons. The van der Waals surface area contributed by atoms with Crippen molar-refractivity contribution < 1.29 is 18.9 Å². The molecule has 0 aliphatic carbocycles.